The summed E-state index contributed by atoms with van der Waals surface area (Å²) in [4.78, 5) is 14.1. The fourth-order valence-electron chi connectivity index (χ4n) is 4.16. The molecule has 1 spiro atoms. The minimum Gasteiger partial charge on any atom is -0.420 e. The normalized spacial score (nSPS) is 25.2. The van der Waals surface area contributed by atoms with Crippen LogP contribution in [-0.4, -0.2) is 82.4 Å². The van der Waals surface area contributed by atoms with Gasteiger partial charge in [-0.3, -0.25) is 9.96 Å². The number of piperidine rings is 1. The van der Waals surface area contributed by atoms with Crippen LogP contribution < -0.4 is 16.4 Å². The van der Waals surface area contributed by atoms with Crippen LogP contribution in [0.15, 0.2) is 4.42 Å². The molecular weight excluding hydrogens is 436 g/mol. The average Bonchev–Trinajstić information content (AvgIpc) is 3.17. The highest BCUT2D eigenvalue weighted by Gasteiger charge is 2.64. The maximum Gasteiger partial charge on any atom is 0.418 e. The van der Waals surface area contributed by atoms with Gasteiger partial charge in [0.15, 0.2) is 5.96 Å². The van der Waals surface area contributed by atoms with Gasteiger partial charge in [0.1, 0.15) is 12.1 Å². The summed E-state index contributed by atoms with van der Waals surface area (Å²) in [5.74, 6) is -0.0326. The molecule has 0 radical (unpaired) electrons. The van der Waals surface area contributed by atoms with Gasteiger partial charge in [-0.15, -0.1) is 14.5 Å². The van der Waals surface area contributed by atoms with E-state index in [9.17, 15) is 18.3 Å². The van der Waals surface area contributed by atoms with Gasteiger partial charge in [0, 0.05) is 26.2 Å². The zero-order valence-electron chi connectivity index (χ0n) is 16.4. The summed E-state index contributed by atoms with van der Waals surface area (Å²) in [6.45, 7) is 1.16. The van der Waals surface area contributed by atoms with Crippen LogP contribution >= 0.6 is 0 Å². The molecule has 15 nitrogen and oxygen atoms in total. The first kappa shape index (κ1) is 21.7. The first-order valence-corrected chi connectivity index (χ1v) is 11.0. The number of fused-ring (bicyclic) bond motifs is 3. The Morgan fingerprint density at radius 2 is 2.16 bits per heavy atom. The Kier molecular flexibility index (Phi) is 5.50. The molecule has 1 aliphatic carbocycles. The molecule has 172 valence electrons. The number of nitrogens with zero attached hydrogens (tertiary/aromatic N) is 4. The zero-order valence-corrected chi connectivity index (χ0v) is 17.2. The van der Waals surface area contributed by atoms with E-state index in [0.29, 0.717) is 24.6 Å². The quantitative estimate of drug-likeness (QED) is 0.104. The molecule has 16 heteroatoms. The molecule has 1 saturated carbocycles. The van der Waals surface area contributed by atoms with E-state index < -0.39 is 34.6 Å². The lowest BCUT2D eigenvalue weighted by Gasteiger charge is -2.34. The number of guanidine groups is 1. The molecule has 2 bridgehead atoms. The molecule has 3 aliphatic rings. The third kappa shape index (κ3) is 4.42. The molecule has 4 rings (SSSR count). The monoisotopic (exact) mass is 460 g/mol. The van der Waals surface area contributed by atoms with Crippen LogP contribution in [0.5, 0.6) is 0 Å². The van der Waals surface area contributed by atoms with E-state index in [1.807, 2.05) is 0 Å². The number of carbonyl (C=O) groups is 1. The van der Waals surface area contributed by atoms with Gasteiger partial charge in [0.25, 0.3) is 0 Å². The number of amides is 2. The van der Waals surface area contributed by atoms with Crippen molar-refractivity contribution >= 4 is 22.4 Å². The minimum absolute atomic E-state index is 0.0216. The van der Waals surface area contributed by atoms with Crippen LogP contribution in [0.2, 0.25) is 0 Å². The van der Waals surface area contributed by atoms with E-state index in [-0.39, 0.29) is 36.2 Å². The molecule has 2 aliphatic heterocycles. The maximum atomic E-state index is 12.7. The molecule has 0 aromatic carbocycles. The van der Waals surface area contributed by atoms with Crippen molar-refractivity contribution in [2.45, 2.75) is 37.5 Å². The third-order valence-corrected chi connectivity index (χ3v) is 6.17. The van der Waals surface area contributed by atoms with Crippen LogP contribution in [0.4, 0.5) is 4.79 Å². The Bertz CT molecular complexity index is 964. The largest absolute Gasteiger partial charge is 0.420 e. The number of nitrogens with two attached hydrogens (primary N) is 1. The van der Waals surface area contributed by atoms with Gasteiger partial charge in [-0.25, -0.2) is 4.79 Å². The summed E-state index contributed by atoms with van der Waals surface area (Å²) < 4.78 is 41.5. The van der Waals surface area contributed by atoms with Crippen molar-refractivity contribution in [1.29, 1.82) is 5.41 Å². The number of hydrogen-bond acceptors (Lipinski definition) is 10. The van der Waals surface area contributed by atoms with Gasteiger partial charge < -0.3 is 30.8 Å². The van der Waals surface area contributed by atoms with Gasteiger partial charge in [-0.1, -0.05) is 0 Å². The van der Waals surface area contributed by atoms with E-state index >= 15 is 0 Å². The number of carbonyl (C=O) groups excluding carboxylic acids is 1. The van der Waals surface area contributed by atoms with Crippen molar-refractivity contribution in [3.8, 4) is 0 Å². The molecule has 1 unspecified atom stereocenters. The first-order chi connectivity index (χ1) is 14.6. The Morgan fingerprint density at radius 3 is 2.81 bits per heavy atom. The Morgan fingerprint density at radius 1 is 1.42 bits per heavy atom. The Hall–Kier alpha value is -2.53. The fraction of sp³-hybridized carbons (Fsp3) is 0.733. The number of aliphatic hydroxyl groups excluding tert-OH is 1. The number of hydroxylamine groups is 2. The number of urea groups is 1. The lowest BCUT2D eigenvalue weighted by atomic mass is 9.85. The Balaban J connectivity index is 1.42. The second kappa shape index (κ2) is 7.86. The lowest BCUT2D eigenvalue weighted by molar-refractivity contribution is -0.0530. The zero-order chi connectivity index (χ0) is 22.4. The number of hydrogen-bond donors (Lipinski definition) is 6. The topological polar surface area (TPSA) is 220 Å². The number of aliphatic hydroxyl groups is 1. The lowest BCUT2D eigenvalue weighted by Crippen LogP contribution is -2.43. The van der Waals surface area contributed by atoms with E-state index in [1.165, 1.54) is 4.90 Å². The summed E-state index contributed by atoms with van der Waals surface area (Å²) in [5, 5.41) is 31.5. The molecule has 1 aromatic heterocycles. The summed E-state index contributed by atoms with van der Waals surface area (Å²) in [6, 6.07) is -1.81. The molecule has 2 saturated heterocycles. The SMILES string of the molecule is N=C(N)NCCNCC(O)c1nnc([C@@H]2CC3(CC3)[C@@H]3CN2C(=O)N3OS(=O)(=O)O)o1. The number of rotatable bonds is 9. The van der Waals surface area contributed by atoms with Gasteiger partial charge in [0.05, 0.1) is 6.04 Å². The summed E-state index contributed by atoms with van der Waals surface area (Å²) in [7, 11) is -4.84. The van der Waals surface area contributed by atoms with E-state index in [4.69, 9.17) is 20.1 Å². The predicted octanol–water partition coefficient (Wildman–Crippen LogP) is -1.76. The molecule has 2 amide bonds. The van der Waals surface area contributed by atoms with Crippen molar-refractivity contribution in [3.63, 3.8) is 0 Å². The third-order valence-electron chi connectivity index (χ3n) is 5.82. The van der Waals surface area contributed by atoms with Crippen LogP contribution in [0.1, 0.15) is 43.2 Å². The van der Waals surface area contributed by atoms with Crippen molar-refractivity contribution in [2.24, 2.45) is 11.1 Å². The van der Waals surface area contributed by atoms with Crippen LogP contribution in [0, 0.1) is 10.8 Å². The maximum absolute atomic E-state index is 12.7. The van der Waals surface area contributed by atoms with Gasteiger partial charge in [-0.2, -0.15) is 13.5 Å². The van der Waals surface area contributed by atoms with E-state index in [2.05, 4.69) is 25.1 Å². The van der Waals surface area contributed by atoms with Gasteiger partial charge in [0.2, 0.25) is 11.8 Å². The molecule has 3 heterocycles. The summed E-state index contributed by atoms with van der Waals surface area (Å²) in [5.41, 5.74) is 4.83. The van der Waals surface area contributed by atoms with Crippen LogP contribution in [-0.2, 0) is 14.7 Å². The smallest absolute Gasteiger partial charge is 0.418 e. The average molecular weight is 460 g/mol. The molecule has 1 aromatic rings. The Labute approximate surface area is 177 Å². The van der Waals surface area contributed by atoms with Gasteiger partial charge in [-0.05, 0) is 24.7 Å². The highest BCUT2D eigenvalue weighted by molar-refractivity contribution is 7.80. The second-order valence-electron chi connectivity index (χ2n) is 7.90. The molecule has 31 heavy (non-hydrogen) atoms. The second-order valence-corrected chi connectivity index (χ2v) is 8.90. The minimum atomic E-state index is -4.84. The number of nitrogens with one attached hydrogen (secondary N) is 3. The first-order valence-electron chi connectivity index (χ1n) is 9.66. The van der Waals surface area contributed by atoms with Crippen LogP contribution in [0.25, 0.3) is 0 Å². The molecular formula is C15H24N8O7S. The van der Waals surface area contributed by atoms with Crippen molar-refractivity contribution in [3.05, 3.63) is 11.8 Å². The standard InChI is InChI=1S/C15H24N8O7S/c16-13(17)19-4-3-18-6-9(24)12-21-20-11(29-12)8-5-15(1-2-15)10-7-22(8)14(25)23(10)30-31(26,27)28/h8-10,18,24H,1-7H2,(H4,16,17,19)(H,26,27,28)/t8-,9?,10-/m0/s1. The van der Waals surface area contributed by atoms with Crippen LogP contribution in [0.3, 0.4) is 0 Å². The van der Waals surface area contributed by atoms with Crippen molar-refractivity contribution in [1.82, 2.24) is 30.8 Å². The van der Waals surface area contributed by atoms with E-state index in [0.717, 1.165) is 12.8 Å². The van der Waals surface area contributed by atoms with E-state index in [1.54, 1.807) is 0 Å². The van der Waals surface area contributed by atoms with Gasteiger partial charge >= 0.3 is 16.4 Å². The summed E-state index contributed by atoms with van der Waals surface area (Å²) in [6.07, 6.45) is 0.922. The number of aromatic nitrogens is 2. The molecule has 7 N–H and O–H groups in total. The summed E-state index contributed by atoms with van der Waals surface area (Å²) >= 11 is 0. The van der Waals surface area contributed by atoms with Crippen molar-refractivity contribution in [2.75, 3.05) is 26.2 Å². The molecule has 3 atom stereocenters. The predicted molar refractivity (Wildman–Crippen MR) is 101 cm³/mol. The fourth-order valence-corrected chi connectivity index (χ4v) is 4.53. The van der Waals surface area contributed by atoms with Crippen molar-refractivity contribution < 1.29 is 31.6 Å². The molecule has 3 fully saturated rings. The highest BCUT2D eigenvalue weighted by atomic mass is 32.3. The highest BCUT2D eigenvalue weighted by Crippen LogP contribution is 2.61.